The maximum absolute atomic E-state index is 7.35. The van der Waals surface area contributed by atoms with Gasteiger partial charge in [-0.3, -0.25) is 10.6 Å². The van der Waals surface area contributed by atoms with Crippen LogP contribution in [0.2, 0.25) is 0 Å². The van der Waals surface area contributed by atoms with Crippen LogP contribution in [0, 0.1) is 0 Å². The standard InChI is InChI=1S/C10H16N5O/c11-9-7-10(14-8-13-9)12-1-2-15-3-5-16-6-4-15/h7-8,11H,1-6H2,(H,12,13,14). The summed E-state index contributed by atoms with van der Waals surface area (Å²) in [5, 5.41) is 3.18. The van der Waals surface area contributed by atoms with E-state index in [1.807, 2.05) is 0 Å². The van der Waals surface area contributed by atoms with Crippen LogP contribution in [0.5, 0.6) is 0 Å². The van der Waals surface area contributed by atoms with Gasteiger partial charge in [-0.05, 0) is 0 Å². The molecule has 1 aliphatic heterocycles. The van der Waals surface area contributed by atoms with Gasteiger partial charge in [0.1, 0.15) is 18.0 Å². The molecule has 1 saturated heterocycles. The first-order valence-corrected chi connectivity index (χ1v) is 5.42. The molecule has 2 heterocycles. The van der Waals surface area contributed by atoms with Crippen LogP contribution in [0.25, 0.3) is 0 Å². The van der Waals surface area contributed by atoms with E-state index in [0.717, 1.165) is 39.4 Å². The fraction of sp³-hybridized carbons (Fsp3) is 0.600. The third kappa shape index (κ3) is 3.32. The summed E-state index contributed by atoms with van der Waals surface area (Å²) in [7, 11) is 0. The molecule has 0 bridgehead atoms. The van der Waals surface area contributed by atoms with Crippen molar-refractivity contribution in [2.45, 2.75) is 0 Å². The first-order valence-electron chi connectivity index (χ1n) is 5.42. The lowest BCUT2D eigenvalue weighted by atomic mass is 10.4. The average Bonchev–Trinajstić information content (AvgIpc) is 2.30. The van der Waals surface area contributed by atoms with Crippen LogP contribution in [0.15, 0.2) is 12.4 Å². The third-order valence-corrected chi connectivity index (χ3v) is 2.50. The van der Waals surface area contributed by atoms with Crippen molar-refractivity contribution in [3.05, 3.63) is 12.4 Å². The van der Waals surface area contributed by atoms with Gasteiger partial charge in [0.15, 0.2) is 0 Å². The second-order valence-corrected chi connectivity index (χ2v) is 3.67. The molecule has 1 aliphatic rings. The van der Waals surface area contributed by atoms with Crippen LogP contribution in [0.4, 0.5) is 11.6 Å². The average molecular weight is 222 g/mol. The van der Waals surface area contributed by atoms with E-state index in [0.29, 0.717) is 5.82 Å². The molecule has 0 aromatic carbocycles. The minimum atomic E-state index is 0.240. The Morgan fingerprint density at radius 2 is 2.19 bits per heavy atom. The molecule has 6 heteroatoms. The van der Waals surface area contributed by atoms with Crippen LogP contribution in [0.1, 0.15) is 0 Å². The molecule has 87 valence electrons. The monoisotopic (exact) mass is 222 g/mol. The van der Waals surface area contributed by atoms with Gasteiger partial charge in [-0.2, -0.15) is 0 Å². The van der Waals surface area contributed by atoms with E-state index in [-0.39, 0.29) is 5.82 Å². The van der Waals surface area contributed by atoms with Gasteiger partial charge < -0.3 is 10.1 Å². The van der Waals surface area contributed by atoms with Crippen molar-refractivity contribution in [2.24, 2.45) is 0 Å². The van der Waals surface area contributed by atoms with Gasteiger partial charge in [-0.1, -0.05) is 0 Å². The molecule has 6 nitrogen and oxygen atoms in total. The van der Waals surface area contributed by atoms with Gasteiger partial charge in [0, 0.05) is 32.2 Å². The highest BCUT2D eigenvalue weighted by atomic mass is 16.5. The number of rotatable bonds is 4. The number of aromatic nitrogens is 2. The highest BCUT2D eigenvalue weighted by Gasteiger charge is 2.09. The smallest absolute Gasteiger partial charge is 0.149 e. The number of anilines is 1. The lowest BCUT2D eigenvalue weighted by Gasteiger charge is -2.26. The van der Waals surface area contributed by atoms with E-state index in [9.17, 15) is 0 Å². The number of morpholine rings is 1. The van der Waals surface area contributed by atoms with E-state index >= 15 is 0 Å². The second kappa shape index (κ2) is 5.62. The minimum Gasteiger partial charge on any atom is -0.379 e. The molecule has 1 fully saturated rings. The van der Waals surface area contributed by atoms with Crippen molar-refractivity contribution in [3.8, 4) is 0 Å². The summed E-state index contributed by atoms with van der Waals surface area (Å²) in [5.41, 5.74) is 7.35. The van der Waals surface area contributed by atoms with Gasteiger partial charge in [0.25, 0.3) is 0 Å². The van der Waals surface area contributed by atoms with Gasteiger partial charge in [0.2, 0.25) is 0 Å². The second-order valence-electron chi connectivity index (χ2n) is 3.67. The molecular weight excluding hydrogens is 206 g/mol. The van der Waals surface area contributed by atoms with Gasteiger partial charge in [-0.25, -0.2) is 9.97 Å². The molecule has 0 saturated carbocycles. The Balaban J connectivity index is 1.71. The fourth-order valence-electron chi connectivity index (χ4n) is 1.62. The van der Waals surface area contributed by atoms with E-state index in [1.165, 1.54) is 6.33 Å². The van der Waals surface area contributed by atoms with Crippen LogP contribution >= 0.6 is 0 Å². The van der Waals surface area contributed by atoms with E-state index < -0.39 is 0 Å². The molecule has 1 radical (unpaired) electrons. The summed E-state index contributed by atoms with van der Waals surface area (Å²) < 4.78 is 5.27. The van der Waals surface area contributed by atoms with Crippen LogP contribution < -0.4 is 11.1 Å². The van der Waals surface area contributed by atoms with Crippen molar-refractivity contribution in [1.82, 2.24) is 20.6 Å². The Morgan fingerprint density at radius 3 is 2.94 bits per heavy atom. The summed E-state index contributed by atoms with van der Waals surface area (Å²) >= 11 is 0. The van der Waals surface area contributed by atoms with Crippen LogP contribution in [-0.2, 0) is 4.74 Å². The summed E-state index contributed by atoms with van der Waals surface area (Å²) in [6.07, 6.45) is 1.40. The Bertz CT molecular complexity index is 327. The number of ether oxygens (including phenoxy) is 1. The van der Waals surface area contributed by atoms with E-state index in [4.69, 9.17) is 10.5 Å². The highest BCUT2D eigenvalue weighted by molar-refractivity contribution is 5.41. The Morgan fingerprint density at radius 1 is 1.38 bits per heavy atom. The lowest BCUT2D eigenvalue weighted by Crippen LogP contribution is -2.39. The number of hydrogen-bond acceptors (Lipinski definition) is 5. The number of hydrogen-bond donors (Lipinski definition) is 1. The van der Waals surface area contributed by atoms with Crippen molar-refractivity contribution in [2.75, 3.05) is 44.7 Å². The normalized spacial score (nSPS) is 17.2. The highest BCUT2D eigenvalue weighted by Crippen LogP contribution is 2.05. The zero-order valence-corrected chi connectivity index (χ0v) is 9.15. The SMILES string of the molecule is [NH]c1cc(NCCN2CCOCC2)ncn1. The molecule has 16 heavy (non-hydrogen) atoms. The summed E-state index contributed by atoms with van der Waals surface area (Å²) in [6, 6.07) is 1.62. The van der Waals surface area contributed by atoms with Crippen LogP contribution in [-0.4, -0.2) is 54.3 Å². The molecule has 0 aliphatic carbocycles. The summed E-state index contributed by atoms with van der Waals surface area (Å²) in [6.45, 7) is 5.44. The molecular formula is C10H16N5O. The van der Waals surface area contributed by atoms with Gasteiger partial charge in [0.05, 0.1) is 13.2 Å². The van der Waals surface area contributed by atoms with Crippen LogP contribution in [0.3, 0.4) is 0 Å². The quantitative estimate of drug-likeness (QED) is 0.784. The molecule has 0 unspecified atom stereocenters. The third-order valence-electron chi connectivity index (χ3n) is 2.50. The predicted octanol–water partition coefficient (Wildman–Crippen LogP) is 0.135. The van der Waals surface area contributed by atoms with E-state index in [2.05, 4.69) is 20.2 Å². The summed E-state index contributed by atoms with van der Waals surface area (Å²) in [5.74, 6) is 0.956. The largest absolute Gasteiger partial charge is 0.379 e. The minimum absolute atomic E-state index is 0.240. The number of nitrogens with one attached hydrogen (secondary N) is 2. The Kier molecular flexibility index (Phi) is 3.90. The molecule has 2 N–H and O–H groups in total. The molecule has 0 amide bonds. The van der Waals surface area contributed by atoms with Crippen molar-refractivity contribution >= 4 is 11.6 Å². The molecule has 0 spiro atoms. The van der Waals surface area contributed by atoms with Crippen molar-refractivity contribution < 1.29 is 4.74 Å². The Hall–Kier alpha value is -1.40. The Labute approximate surface area is 94.8 Å². The molecule has 1 aromatic heterocycles. The molecule has 2 rings (SSSR count). The first-order chi connectivity index (χ1) is 7.84. The maximum atomic E-state index is 7.35. The maximum Gasteiger partial charge on any atom is 0.149 e. The zero-order chi connectivity index (χ0) is 11.2. The topological polar surface area (TPSA) is 74.1 Å². The van der Waals surface area contributed by atoms with Gasteiger partial charge >= 0.3 is 0 Å². The first kappa shape index (κ1) is 11.1. The fourth-order valence-corrected chi connectivity index (χ4v) is 1.62. The van der Waals surface area contributed by atoms with Crippen molar-refractivity contribution in [3.63, 3.8) is 0 Å². The zero-order valence-electron chi connectivity index (χ0n) is 9.15. The number of nitrogens with zero attached hydrogens (tertiary/aromatic N) is 3. The summed E-state index contributed by atoms with van der Waals surface area (Å²) in [4.78, 5) is 10.1. The van der Waals surface area contributed by atoms with Crippen molar-refractivity contribution in [1.29, 1.82) is 0 Å². The molecule has 1 aromatic rings. The predicted molar refractivity (Wildman–Crippen MR) is 60.5 cm³/mol. The lowest BCUT2D eigenvalue weighted by molar-refractivity contribution is 0.0398. The van der Waals surface area contributed by atoms with Gasteiger partial charge in [-0.15, -0.1) is 0 Å². The molecule has 0 atom stereocenters. The van der Waals surface area contributed by atoms with E-state index in [1.54, 1.807) is 6.07 Å².